The Morgan fingerprint density at radius 2 is 1.19 bits per heavy atom. The molecule has 0 unspecified atom stereocenters. The van der Waals surface area contributed by atoms with Crippen molar-refractivity contribution in [3.63, 3.8) is 0 Å². The zero-order valence-corrected chi connectivity index (χ0v) is 19.2. The first-order valence-corrected chi connectivity index (χ1v) is 11.7. The number of benzene rings is 5. The van der Waals surface area contributed by atoms with Crippen LogP contribution in [-0.2, 0) is 5.41 Å². The van der Waals surface area contributed by atoms with E-state index in [9.17, 15) is 0 Å². The lowest BCUT2D eigenvalue weighted by molar-refractivity contribution is 0.658. The van der Waals surface area contributed by atoms with Gasteiger partial charge in [-0.05, 0) is 78.5 Å². The van der Waals surface area contributed by atoms with Crippen LogP contribution in [0.2, 0.25) is 0 Å². The summed E-state index contributed by atoms with van der Waals surface area (Å²) in [6, 6.07) is 34.1. The van der Waals surface area contributed by atoms with Crippen molar-refractivity contribution in [2.45, 2.75) is 39.0 Å². The van der Waals surface area contributed by atoms with Crippen molar-refractivity contribution in [3.8, 4) is 22.3 Å². The summed E-state index contributed by atoms with van der Waals surface area (Å²) in [5.74, 6) is 0.541. The smallest absolute Gasteiger partial charge is 0.0159 e. The van der Waals surface area contributed by atoms with Crippen LogP contribution in [0.3, 0.4) is 0 Å². The van der Waals surface area contributed by atoms with E-state index in [0.717, 1.165) is 0 Å². The molecule has 0 bridgehead atoms. The molecule has 0 saturated carbocycles. The Bertz CT molecular complexity index is 1510. The number of hydrogen-bond donors (Lipinski definition) is 0. The molecule has 0 saturated heterocycles. The minimum Gasteiger partial charge on any atom is -0.0616 e. The third-order valence-corrected chi connectivity index (χ3v) is 7.45. The molecule has 0 fully saturated rings. The van der Waals surface area contributed by atoms with Crippen LogP contribution in [0.1, 0.15) is 50.3 Å². The molecule has 156 valence electrons. The van der Waals surface area contributed by atoms with E-state index in [4.69, 9.17) is 0 Å². The fourth-order valence-electron chi connectivity index (χ4n) is 5.57. The normalized spacial score (nSPS) is 14.2. The highest BCUT2D eigenvalue weighted by atomic mass is 14.4. The summed E-state index contributed by atoms with van der Waals surface area (Å²) in [5, 5.41) is 5.26. The fraction of sp³-hybridized carbons (Fsp3) is 0.188. The van der Waals surface area contributed by atoms with E-state index < -0.39 is 0 Å². The molecule has 0 N–H and O–H groups in total. The van der Waals surface area contributed by atoms with E-state index in [1.54, 1.807) is 0 Å². The van der Waals surface area contributed by atoms with E-state index in [0.29, 0.717) is 5.92 Å². The van der Waals surface area contributed by atoms with Gasteiger partial charge in [0.15, 0.2) is 0 Å². The Morgan fingerprint density at radius 3 is 1.94 bits per heavy atom. The molecule has 6 rings (SSSR count). The van der Waals surface area contributed by atoms with E-state index >= 15 is 0 Å². The van der Waals surface area contributed by atoms with Crippen molar-refractivity contribution >= 4 is 21.5 Å². The summed E-state index contributed by atoms with van der Waals surface area (Å²) in [7, 11) is 0. The van der Waals surface area contributed by atoms with Crippen molar-refractivity contribution in [3.05, 3.63) is 108 Å². The number of hydrogen-bond acceptors (Lipinski definition) is 0. The molecule has 0 aliphatic heterocycles. The molecule has 5 aromatic rings. The van der Waals surface area contributed by atoms with Crippen LogP contribution < -0.4 is 0 Å². The first-order chi connectivity index (χ1) is 15.4. The molecular formula is C32H28. The average molecular weight is 413 g/mol. The van der Waals surface area contributed by atoms with Crippen LogP contribution in [0.15, 0.2) is 91.0 Å². The van der Waals surface area contributed by atoms with Gasteiger partial charge in [-0.2, -0.15) is 0 Å². The largest absolute Gasteiger partial charge is 0.0616 e. The Labute approximate surface area is 190 Å². The molecule has 0 heterocycles. The second-order valence-electron chi connectivity index (χ2n) is 10.0. The average Bonchev–Trinajstić information content (AvgIpc) is 3.04. The third kappa shape index (κ3) is 2.69. The highest BCUT2D eigenvalue weighted by Gasteiger charge is 2.36. The highest BCUT2D eigenvalue weighted by Crippen LogP contribution is 2.50. The van der Waals surface area contributed by atoms with Gasteiger partial charge in [0.2, 0.25) is 0 Å². The maximum absolute atomic E-state index is 2.45. The van der Waals surface area contributed by atoms with E-state index in [1.807, 2.05) is 0 Å². The Balaban J connectivity index is 1.59. The lowest BCUT2D eigenvalue weighted by atomic mass is 9.80. The SMILES string of the molecule is CC(C)c1ccc2c(c1)C(C)(C)c1cc(-c3cc4ccccc4c4ccccc34)ccc1-2. The van der Waals surface area contributed by atoms with Gasteiger partial charge in [0, 0.05) is 5.41 Å². The molecule has 0 radical (unpaired) electrons. The molecule has 0 spiro atoms. The lowest BCUT2D eigenvalue weighted by Gasteiger charge is -2.23. The van der Waals surface area contributed by atoms with E-state index in [-0.39, 0.29) is 5.41 Å². The molecule has 1 aliphatic rings. The lowest BCUT2D eigenvalue weighted by Crippen LogP contribution is -2.15. The summed E-state index contributed by atoms with van der Waals surface area (Å²) in [6.45, 7) is 9.31. The van der Waals surface area contributed by atoms with Crippen molar-refractivity contribution in [1.29, 1.82) is 0 Å². The molecule has 0 heteroatoms. The van der Waals surface area contributed by atoms with Crippen LogP contribution in [0.4, 0.5) is 0 Å². The summed E-state index contributed by atoms with van der Waals surface area (Å²) >= 11 is 0. The maximum Gasteiger partial charge on any atom is 0.0159 e. The second-order valence-corrected chi connectivity index (χ2v) is 10.0. The summed E-state index contributed by atoms with van der Waals surface area (Å²) in [5.41, 5.74) is 9.71. The van der Waals surface area contributed by atoms with Crippen molar-refractivity contribution in [1.82, 2.24) is 0 Å². The molecule has 32 heavy (non-hydrogen) atoms. The molecule has 0 amide bonds. The zero-order valence-electron chi connectivity index (χ0n) is 19.2. The Hall–Kier alpha value is -3.38. The third-order valence-electron chi connectivity index (χ3n) is 7.45. The van der Waals surface area contributed by atoms with Crippen LogP contribution >= 0.6 is 0 Å². The highest BCUT2D eigenvalue weighted by molar-refractivity contribution is 6.13. The van der Waals surface area contributed by atoms with Gasteiger partial charge >= 0.3 is 0 Å². The fourth-order valence-corrected chi connectivity index (χ4v) is 5.57. The molecule has 0 nitrogen and oxygen atoms in total. The first-order valence-electron chi connectivity index (χ1n) is 11.7. The van der Waals surface area contributed by atoms with Gasteiger partial charge in [0.25, 0.3) is 0 Å². The molecule has 0 atom stereocenters. The minimum absolute atomic E-state index is 0.00176. The molecular weight excluding hydrogens is 384 g/mol. The van der Waals surface area contributed by atoms with E-state index in [2.05, 4.69) is 119 Å². The van der Waals surface area contributed by atoms with Gasteiger partial charge in [-0.25, -0.2) is 0 Å². The predicted octanol–water partition coefficient (Wildman–Crippen LogP) is 9.09. The first kappa shape index (κ1) is 19.3. The maximum atomic E-state index is 2.45. The monoisotopic (exact) mass is 412 g/mol. The quantitative estimate of drug-likeness (QED) is 0.254. The molecule has 1 aliphatic carbocycles. The van der Waals surface area contributed by atoms with E-state index in [1.165, 1.54) is 60.5 Å². The minimum atomic E-state index is -0.00176. The summed E-state index contributed by atoms with van der Waals surface area (Å²) in [4.78, 5) is 0. The zero-order chi connectivity index (χ0) is 22.0. The Kier molecular flexibility index (Phi) is 4.11. The van der Waals surface area contributed by atoms with Crippen LogP contribution in [0, 0.1) is 0 Å². The van der Waals surface area contributed by atoms with Gasteiger partial charge in [-0.1, -0.05) is 107 Å². The summed E-state index contributed by atoms with van der Waals surface area (Å²) in [6.07, 6.45) is 0. The van der Waals surface area contributed by atoms with Crippen LogP contribution in [0.5, 0.6) is 0 Å². The van der Waals surface area contributed by atoms with Crippen LogP contribution in [-0.4, -0.2) is 0 Å². The van der Waals surface area contributed by atoms with Gasteiger partial charge in [0.1, 0.15) is 0 Å². The van der Waals surface area contributed by atoms with Crippen LogP contribution in [0.25, 0.3) is 43.8 Å². The Morgan fingerprint density at radius 1 is 0.562 bits per heavy atom. The second kappa shape index (κ2) is 6.81. The van der Waals surface area contributed by atoms with Crippen molar-refractivity contribution in [2.75, 3.05) is 0 Å². The molecule has 5 aromatic carbocycles. The number of rotatable bonds is 2. The topological polar surface area (TPSA) is 0 Å². The van der Waals surface area contributed by atoms with Gasteiger partial charge in [-0.3, -0.25) is 0 Å². The molecule has 0 aromatic heterocycles. The number of fused-ring (bicyclic) bond motifs is 6. The van der Waals surface area contributed by atoms with Gasteiger partial charge < -0.3 is 0 Å². The van der Waals surface area contributed by atoms with Crippen molar-refractivity contribution < 1.29 is 0 Å². The van der Waals surface area contributed by atoms with Crippen molar-refractivity contribution in [2.24, 2.45) is 0 Å². The van der Waals surface area contributed by atoms with Gasteiger partial charge in [-0.15, -0.1) is 0 Å². The predicted molar refractivity (Wildman–Crippen MR) is 139 cm³/mol. The van der Waals surface area contributed by atoms with Gasteiger partial charge in [0.05, 0.1) is 0 Å². The standard InChI is InChI=1S/C32H28/c1-20(2)21-13-15-27-28-16-14-23(19-31(28)32(3,4)30(27)18-21)29-17-22-9-5-6-10-24(22)25-11-7-8-12-26(25)29/h5-20H,1-4H3. The summed E-state index contributed by atoms with van der Waals surface area (Å²) < 4.78 is 0.